The molecular weight excluding hydrogens is 277 g/mol. The summed E-state index contributed by atoms with van der Waals surface area (Å²) in [7, 11) is 2.91. The fraction of sp³-hybridized carbons (Fsp3) is 0.286. The fourth-order valence-electron chi connectivity index (χ4n) is 1.83. The summed E-state index contributed by atoms with van der Waals surface area (Å²) in [6.07, 6.45) is -0.857. The number of halogens is 1. The number of hydrogen-bond acceptors (Lipinski definition) is 6. The Balaban J connectivity index is 2.25. The number of hydrogen-bond donors (Lipinski definition) is 2. The maximum atomic E-state index is 13.0. The van der Waals surface area contributed by atoms with E-state index >= 15 is 0 Å². The van der Waals surface area contributed by atoms with Gasteiger partial charge in [-0.05, 0) is 17.7 Å². The highest BCUT2D eigenvalue weighted by atomic mass is 19.1. The molecule has 1 unspecified atom stereocenters. The Morgan fingerprint density at radius 3 is 2.33 bits per heavy atom. The van der Waals surface area contributed by atoms with E-state index in [-0.39, 0.29) is 29.7 Å². The number of benzene rings is 1. The number of nitrogens with zero attached hydrogens (tertiary/aromatic N) is 2. The summed E-state index contributed by atoms with van der Waals surface area (Å²) in [6.45, 7) is 0. The van der Waals surface area contributed by atoms with Crippen LogP contribution < -0.4 is 15.2 Å². The average Bonchev–Trinajstić information content (AvgIpc) is 2.49. The maximum Gasteiger partial charge on any atom is 0.220 e. The average molecular weight is 293 g/mol. The first-order valence-corrected chi connectivity index (χ1v) is 6.22. The molecule has 0 saturated carbocycles. The molecular formula is C14H16FN3O3. The Morgan fingerprint density at radius 1 is 1.19 bits per heavy atom. The Hall–Kier alpha value is -2.41. The molecule has 0 saturated heterocycles. The van der Waals surface area contributed by atoms with Gasteiger partial charge in [-0.1, -0.05) is 6.07 Å². The number of rotatable bonds is 5. The molecule has 21 heavy (non-hydrogen) atoms. The van der Waals surface area contributed by atoms with Crippen molar-refractivity contribution in [1.29, 1.82) is 0 Å². The zero-order valence-electron chi connectivity index (χ0n) is 11.7. The molecule has 7 heteroatoms. The molecule has 1 atom stereocenters. The van der Waals surface area contributed by atoms with Crippen LogP contribution >= 0.6 is 0 Å². The van der Waals surface area contributed by atoms with Gasteiger partial charge in [0.15, 0.2) is 5.82 Å². The van der Waals surface area contributed by atoms with Crippen LogP contribution in [0.5, 0.6) is 11.8 Å². The first-order chi connectivity index (χ1) is 10.0. The van der Waals surface area contributed by atoms with Crippen LogP contribution in [0.4, 0.5) is 10.1 Å². The lowest BCUT2D eigenvalue weighted by atomic mass is 10.1. The molecule has 6 nitrogen and oxygen atoms in total. The van der Waals surface area contributed by atoms with Crippen LogP contribution in [0.25, 0.3) is 0 Å². The van der Waals surface area contributed by atoms with Crippen molar-refractivity contribution in [2.75, 3.05) is 20.0 Å². The third kappa shape index (κ3) is 3.57. The van der Waals surface area contributed by atoms with Gasteiger partial charge in [-0.2, -0.15) is 9.97 Å². The summed E-state index contributed by atoms with van der Waals surface area (Å²) in [6, 6.07) is 5.51. The Morgan fingerprint density at radius 2 is 1.81 bits per heavy atom. The number of aromatic nitrogens is 2. The van der Waals surface area contributed by atoms with Gasteiger partial charge in [0.25, 0.3) is 0 Å². The van der Waals surface area contributed by atoms with Gasteiger partial charge in [0, 0.05) is 12.1 Å². The number of aliphatic hydroxyl groups is 1. The van der Waals surface area contributed by atoms with Gasteiger partial charge in [-0.25, -0.2) is 4.39 Å². The highest BCUT2D eigenvalue weighted by molar-refractivity contribution is 5.47. The molecule has 1 aromatic heterocycles. The highest BCUT2D eigenvalue weighted by Crippen LogP contribution is 2.24. The molecule has 0 aliphatic carbocycles. The molecule has 112 valence electrons. The molecule has 0 aliphatic rings. The normalized spacial score (nSPS) is 12.0. The predicted molar refractivity (Wildman–Crippen MR) is 74.6 cm³/mol. The molecule has 0 spiro atoms. The van der Waals surface area contributed by atoms with E-state index in [1.165, 1.54) is 38.5 Å². The van der Waals surface area contributed by atoms with Gasteiger partial charge in [-0.15, -0.1) is 0 Å². The second kappa shape index (κ2) is 6.36. The number of anilines is 1. The van der Waals surface area contributed by atoms with Crippen molar-refractivity contribution in [3.8, 4) is 11.8 Å². The molecule has 3 N–H and O–H groups in total. The minimum Gasteiger partial charge on any atom is -0.481 e. The standard InChI is InChI=1S/C14H16FN3O3/c1-20-12-7-13(21-2)18-14(17-12)11(19)5-8-3-4-9(15)6-10(8)16/h3-4,6-7,11,19H,5,16H2,1-2H3. The summed E-state index contributed by atoms with van der Waals surface area (Å²) in [5.74, 6) is 0.283. The van der Waals surface area contributed by atoms with Gasteiger partial charge < -0.3 is 20.3 Å². The van der Waals surface area contributed by atoms with Crippen molar-refractivity contribution in [3.63, 3.8) is 0 Å². The minimum absolute atomic E-state index is 0.148. The number of ether oxygens (including phenoxy) is 2. The molecule has 1 aromatic carbocycles. The van der Waals surface area contributed by atoms with Gasteiger partial charge >= 0.3 is 0 Å². The van der Waals surface area contributed by atoms with E-state index in [1.807, 2.05) is 0 Å². The van der Waals surface area contributed by atoms with Crippen molar-refractivity contribution in [3.05, 3.63) is 41.5 Å². The number of methoxy groups -OCH3 is 2. The lowest BCUT2D eigenvalue weighted by Gasteiger charge is -2.13. The van der Waals surface area contributed by atoms with Crippen LogP contribution in [0.2, 0.25) is 0 Å². The van der Waals surface area contributed by atoms with Crippen LogP contribution in [-0.4, -0.2) is 29.3 Å². The monoisotopic (exact) mass is 293 g/mol. The van der Waals surface area contributed by atoms with Crippen LogP contribution in [0.15, 0.2) is 24.3 Å². The first-order valence-electron chi connectivity index (χ1n) is 6.22. The van der Waals surface area contributed by atoms with E-state index in [4.69, 9.17) is 15.2 Å². The third-order valence-electron chi connectivity index (χ3n) is 2.93. The van der Waals surface area contributed by atoms with E-state index in [0.717, 1.165) is 0 Å². The molecule has 0 radical (unpaired) electrons. The van der Waals surface area contributed by atoms with Crippen LogP contribution in [0.3, 0.4) is 0 Å². The van der Waals surface area contributed by atoms with Crippen LogP contribution in [-0.2, 0) is 6.42 Å². The van der Waals surface area contributed by atoms with Gasteiger partial charge in [-0.3, -0.25) is 0 Å². The zero-order valence-corrected chi connectivity index (χ0v) is 11.7. The Kier molecular flexibility index (Phi) is 4.54. The second-order valence-electron chi connectivity index (χ2n) is 4.37. The zero-order chi connectivity index (χ0) is 15.4. The van der Waals surface area contributed by atoms with E-state index in [0.29, 0.717) is 5.56 Å². The Labute approximate surface area is 121 Å². The van der Waals surface area contributed by atoms with Gasteiger partial charge in [0.2, 0.25) is 11.8 Å². The van der Waals surface area contributed by atoms with E-state index < -0.39 is 11.9 Å². The largest absolute Gasteiger partial charge is 0.481 e. The smallest absolute Gasteiger partial charge is 0.220 e. The van der Waals surface area contributed by atoms with Crippen LogP contribution in [0.1, 0.15) is 17.5 Å². The topological polar surface area (TPSA) is 90.5 Å². The third-order valence-corrected chi connectivity index (χ3v) is 2.93. The maximum absolute atomic E-state index is 13.0. The van der Waals surface area contributed by atoms with E-state index in [1.54, 1.807) is 0 Å². The summed E-state index contributed by atoms with van der Waals surface area (Å²) < 4.78 is 23.0. The molecule has 0 fully saturated rings. The van der Waals surface area contributed by atoms with Crippen molar-refractivity contribution in [2.24, 2.45) is 0 Å². The number of nitrogens with two attached hydrogens (primary N) is 1. The predicted octanol–water partition coefficient (Wildman–Crippen LogP) is 1.49. The summed E-state index contributed by atoms with van der Waals surface area (Å²) >= 11 is 0. The summed E-state index contributed by atoms with van der Waals surface area (Å²) in [4.78, 5) is 8.13. The number of aliphatic hydroxyl groups excluding tert-OH is 1. The Bertz CT molecular complexity index is 615. The quantitative estimate of drug-likeness (QED) is 0.812. The molecule has 1 heterocycles. The van der Waals surface area contributed by atoms with Gasteiger partial charge in [0.1, 0.15) is 11.9 Å². The molecule has 2 rings (SSSR count). The summed E-state index contributed by atoms with van der Waals surface area (Å²) in [5.41, 5.74) is 6.59. The molecule has 0 bridgehead atoms. The molecule has 2 aromatic rings. The summed E-state index contributed by atoms with van der Waals surface area (Å²) in [5, 5.41) is 10.2. The first kappa shape index (κ1) is 15.0. The highest BCUT2D eigenvalue weighted by Gasteiger charge is 2.16. The van der Waals surface area contributed by atoms with Crippen molar-refractivity contribution >= 4 is 5.69 Å². The van der Waals surface area contributed by atoms with Crippen molar-refractivity contribution < 1.29 is 19.0 Å². The van der Waals surface area contributed by atoms with Crippen molar-refractivity contribution in [1.82, 2.24) is 9.97 Å². The lowest BCUT2D eigenvalue weighted by Crippen LogP contribution is -2.10. The lowest BCUT2D eigenvalue weighted by molar-refractivity contribution is 0.165. The van der Waals surface area contributed by atoms with Crippen molar-refractivity contribution in [2.45, 2.75) is 12.5 Å². The van der Waals surface area contributed by atoms with E-state index in [9.17, 15) is 9.50 Å². The second-order valence-corrected chi connectivity index (χ2v) is 4.37. The fourth-order valence-corrected chi connectivity index (χ4v) is 1.83. The molecule has 0 amide bonds. The molecule has 0 aliphatic heterocycles. The minimum atomic E-state index is -1.01. The van der Waals surface area contributed by atoms with E-state index in [2.05, 4.69) is 9.97 Å². The van der Waals surface area contributed by atoms with Gasteiger partial charge in [0.05, 0.1) is 20.3 Å². The number of nitrogen functional groups attached to an aromatic ring is 1. The SMILES string of the molecule is COc1cc(OC)nc(C(O)Cc2ccc(F)cc2N)n1. The van der Waals surface area contributed by atoms with Crippen LogP contribution in [0, 0.1) is 5.82 Å².